The van der Waals surface area contributed by atoms with Crippen molar-refractivity contribution in [3.8, 4) is 0 Å². The van der Waals surface area contributed by atoms with E-state index >= 15 is 0 Å². The Morgan fingerprint density at radius 2 is 2.10 bits per heavy atom. The number of carbonyl (C=O) groups is 2. The van der Waals surface area contributed by atoms with E-state index in [2.05, 4.69) is 17.1 Å². The Labute approximate surface area is 128 Å². The van der Waals surface area contributed by atoms with Gasteiger partial charge in [-0.15, -0.1) is 0 Å². The van der Waals surface area contributed by atoms with E-state index < -0.39 is 5.97 Å². The molecule has 1 aliphatic rings. The van der Waals surface area contributed by atoms with Gasteiger partial charge in [-0.2, -0.15) is 0 Å². The van der Waals surface area contributed by atoms with Crippen molar-refractivity contribution >= 4 is 11.9 Å². The number of amides is 1. The average Bonchev–Trinajstić information content (AvgIpc) is 2.44. The van der Waals surface area contributed by atoms with Crippen LogP contribution in [-0.2, 0) is 9.59 Å². The maximum atomic E-state index is 12.3. The van der Waals surface area contributed by atoms with E-state index in [0.717, 1.165) is 32.4 Å². The fourth-order valence-electron chi connectivity index (χ4n) is 2.70. The molecule has 1 rings (SSSR count). The van der Waals surface area contributed by atoms with Gasteiger partial charge in [-0.1, -0.05) is 6.92 Å². The standard InChI is InChI=1S/C16H30N2O3/c1-5-16(3,4)17-15(21)12(2)18-10-6-7-13(11-18)8-9-14(19)20/h12-13H,5-11H2,1-4H3,(H,17,21)(H,19,20). The van der Waals surface area contributed by atoms with Crippen LogP contribution < -0.4 is 5.32 Å². The average molecular weight is 298 g/mol. The second kappa shape index (κ2) is 7.78. The van der Waals surface area contributed by atoms with Gasteiger partial charge in [-0.25, -0.2) is 0 Å². The zero-order chi connectivity index (χ0) is 16.0. The Morgan fingerprint density at radius 3 is 2.67 bits per heavy atom. The van der Waals surface area contributed by atoms with Crippen molar-refractivity contribution in [2.75, 3.05) is 13.1 Å². The molecular weight excluding hydrogens is 268 g/mol. The Kier molecular flexibility index (Phi) is 6.65. The maximum absolute atomic E-state index is 12.3. The van der Waals surface area contributed by atoms with Gasteiger partial charge in [0, 0.05) is 18.5 Å². The van der Waals surface area contributed by atoms with Gasteiger partial charge in [0.1, 0.15) is 0 Å². The highest BCUT2D eigenvalue weighted by molar-refractivity contribution is 5.82. The van der Waals surface area contributed by atoms with Crippen molar-refractivity contribution in [3.05, 3.63) is 0 Å². The highest BCUT2D eigenvalue weighted by atomic mass is 16.4. The summed E-state index contributed by atoms with van der Waals surface area (Å²) in [7, 11) is 0. The molecule has 0 aromatic rings. The summed E-state index contributed by atoms with van der Waals surface area (Å²) in [6.07, 6.45) is 3.94. The van der Waals surface area contributed by atoms with Crippen LogP contribution >= 0.6 is 0 Å². The Morgan fingerprint density at radius 1 is 1.43 bits per heavy atom. The summed E-state index contributed by atoms with van der Waals surface area (Å²) in [6, 6.07) is -0.150. The lowest BCUT2D eigenvalue weighted by molar-refractivity contribution is -0.137. The Balaban J connectivity index is 2.51. The van der Waals surface area contributed by atoms with Crippen LogP contribution in [0.4, 0.5) is 0 Å². The van der Waals surface area contributed by atoms with Crippen molar-refractivity contribution in [1.82, 2.24) is 10.2 Å². The second-order valence-electron chi connectivity index (χ2n) is 6.84. The van der Waals surface area contributed by atoms with E-state index in [1.807, 2.05) is 20.8 Å². The molecule has 5 heteroatoms. The SMILES string of the molecule is CCC(C)(C)NC(=O)C(C)N1CCCC(CCC(=O)O)C1. The molecule has 21 heavy (non-hydrogen) atoms. The fourth-order valence-corrected chi connectivity index (χ4v) is 2.70. The van der Waals surface area contributed by atoms with E-state index in [9.17, 15) is 9.59 Å². The number of rotatable bonds is 7. The molecule has 1 amide bonds. The minimum Gasteiger partial charge on any atom is -0.481 e. The number of hydrogen-bond acceptors (Lipinski definition) is 3. The van der Waals surface area contributed by atoms with Crippen LogP contribution in [0.5, 0.6) is 0 Å². The summed E-state index contributed by atoms with van der Waals surface area (Å²) in [5.41, 5.74) is -0.177. The molecule has 1 saturated heterocycles. The molecule has 2 atom stereocenters. The normalized spacial score (nSPS) is 21.8. The van der Waals surface area contributed by atoms with Gasteiger partial charge in [0.2, 0.25) is 5.91 Å². The summed E-state index contributed by atoms with van der Waals surface area (Å²) in [5.74, 6) is -0.271. The van der Waals surface area contributed by atoms with Crippen LogP contribution in [0, 0.1) is 5.92 Å². The van der Waals surface area contributed by atoms with Crippen LogP contribution in [0.3, 0.4) is 0 Å². The molecule has 0 aromatic carbocycles. The zero-order valence-corrected chi connectivity index (χ0v) is 13.8. The summed E-state index contributed by atoms with van der Waals surface area (Å²) < 4.78 is 0. The number of likely N-dealkylation sites (tertiary alicyclic amines) is 1. The highest BCUT2D eigenvalue weighted by Crippen LogP contribution is 2.23. The highest BCUT2D eigenvalue weighted by Gasteiger charge is 2.29. The van der Waals surface area contributed by atoms with Crippen LogP contribution in [0.2, 0.25) is 0 Å². The van der Waals surface area contributed by atoms with Crippen molar-refractivity contribution in [3.63, 3.8) is 0 Å². The third-order valence-corrected chi connectivity index (χ3v) is 4.59. The summed E-state index contributed by atoms with van der Waals surface area (Å²) >= 11 is 0. The number of carboxylic acids is 1. The van der Waals surface area contributed by atoms with Gasteiger partial charge in [0.05, 0.1) is 6.04 Å². The van der Waals surface area contributed by atoms with Gasteiger partial charge >= 0.3 is 5.97 Å². The first kappa shape index (κ1) is 18.0. The molecule has 5 nitrogen and oxygen atoms in total. The molecule has 0 aromatic heterocycles. The molecule has 1 fully saturated rings. The molecule has 122 valence electrons. The van der Waals surface area contributed by atoms with E-state index in [1.54, 1.807) is 0 Å². The number of carboxylic acid groups (broad SMARTS) is 1. The first-order valence-electron chi connectivity index (χ1n) is 8.03. The lowest BCUT2D eigenvalue weighted by Crippen LogP contribution is -2.53. The second-order valence-corrected chi connectivity index (χ2v) is 6.84. The zero-order valence-electron chi connectivity index (χ0n) is 13.8. The molecule has 0 spiro atoms. The molecule has 0 bridgehead atoms. The maximum Gasteiger partial charge on any atom is 0.303 e. The van der Waals surface area contributed by atoms with Gasteiger partial charge < -0.3 is 10.4 Å². The third kappa shape index (κ3) is 6.04. The first-order chi connectivity index (χ1) is 9.75. The minimum absolute atomic E-state index is 0.0701. The summed E-state index contributed by atoms with van der Waals surface area (Å²) in [4.78, 5) is 25.2. The van der Waals surface area contributed by atoms with E-state index in [1.165, 1.54) is 0 Å². The number of nitrogens with one attached hydrogen (secondary N) is 1. The predicted octanol–water partition coefficient (Wildman–Crippen LogP) is 2.26. The smallest absolute Gasteiger partial charge is 0.303 e. The van der Waals surface area contributed by atoms with Crippen LogP contribution in [0.15, 0.2) is 0 Å². The van der Waals surface area contributed by atoms with Gasteiger partial charge in [0.15, 0.2) is 0 Å². The van der Waals surface area contributed by atoms with Crippen LogP contribution in [-0.4, -0.2) is 46.6 Å². The number of piperidine rings is 1. The topological polar surface area (TPSA) is 69.6 Å². The Hall–Kier alpha value is -1.10. The molecule has 0 radical (unpaired) electrons. The quantitative estimate of drug-likeness (QED) is 0.756. The van der Waals surface area contributed by atoms with Gasteiger partial charge in [-0.3, -0.25) is 14.5 Å². The van der Waals surface area contributed by atoms with Crippen molar-refractivity contribution in [2.24, 2.45) is 5.92 Å². The van der Waals surface area contributed by atoms with Gasteiger partial charge in [-0.05, 0) is 58.9 Å². The Bertz CT molecular complexity index is 369. The van der Waals surface area contributed by atoms with E-state index in [-0.39, 0.29) is 23.9 Å². The van der Waals surface area contributed by atoms with Crippen molar-refractivity contribution < 1.29 is 14.7 Å². The first-order valence-corrected chi connectivity index (χ1v) is 8.03. The molecule has 2 N–H and O–H groups in total. The molecule has 1 aliphatic heterocycles. The van der Waals surface area contributed by atoms with Crippen molar-refractivity contribution in [2.45, 2.75) is 71.4 Å². The lowest BCUT2D eigenvalue weighted by Gasteiger charge is -2.37. The number of nitrogens with zero attached hydrogens (tertiary/aromatic N) is 1. The third-order valence-electron chi connectivity index (χ3n) is 4.59. The monoisotopic (exact) mass is 298 g/mol. The van der Waals surface area contributed by atoms with Crippen molar-refractivity contribution in [1.29, 1.82) is 0 Å². The molecule has 1 heterocycles. The van der Waals surface area contributed by atoms with Crippen LogP contribution in [0.25, 0.3) is 0 Å². The molecular formula is C16H30N2O3. The summed E-state index contributed by atoms with van der Waals surface area (Å²) in [6.45, 7) is 9.82. The number of aliphatic carboxylic acids is 1. The van der Waals surface area contributed by atoms with E-state index in [4.69, 9.17) is 5.11 Å². The lowest BCUT2D eigenvalue weighted by atomic mass is 9.92. The number of carbonyl (C=O) groups excluding carboxylic acids is 1. The fraction of sp³-hybridized carbons (Fsp3) is 0.875. The molecule has 0 aliphatic carbocycles. The molecule has 0 saturated carbocycles. The van der Waals surface area contributed by atoms with Gasteiger partial charge in [0.25, 0.3) is 0 Å². The minimum atomic E-state index is -0.734. The number of hydrogen-bond donors (Lipinski definition) is 2. The van der Waals surface area contributed by atoms with E-state index in [0.29, 0.717) is 12.3 Å². The van der Waals surface area contributed by atoms with Crippen LogP contribution in [0.1, 0.15) is 59.8 Å². The largest absolute Gasteiger partial charge is 0.481 e. The summed E-state index contributed by atoms with van der Waals surface area (Å²) in [5, 5.41) is 11.9. The molecule has 2 unspecified atom stereocenters. The predicted molar refractivity (Wildman–Crippen MR) is 83.1 cm³/mol.